The molecule has 2 rings (SSSR count). The fourth-order valence-corrected chi connectivity index (χ4v) is 2.93. The summed E-state index contributed by atoms with van der Waals surface area (Å²) in [7, 11) is 0. The zero-order chi connectivity index (χ0) is 17.4. The number of ether oxygens (including phenoxy) is 2. The number of benzene rings is 2. The Kier molecular flexibility index (Phi) is 7.13. The number of nitrogens with zero attached hydrogens (tertiary/aromatic N) is 1. The molecule has 0 aliphatic rings. The number of hydrogen-bond acceptors (Lipinski definition) is 3. The lowest BCUT2D eigenvalue weighted by molar-refractivity contribution is 0.298. The highest BCUT2D eigenvalue weighted by molar-refractivity contribution is 14.1. The van der Waals surface area contributed by atoms with Crippen LogP contribution in [0.25, 0.3) is 0 Å². The third-order valence-electron chi connectivity index (χ3n) is 3.34. The number of rotatable bonds is 7. The average molecular weight is 433 g/mol. The predicted octanol–water partition coefficient (Wildman–Crippen LogP) is 5.01. The van der Waals surface area contributed by atoms with Crippen LogP contribution in [0.2, 0.25) is 0 Å². The van der Waals surface area contributed by atoms with Gasteiger partial charge >= 0.3 is 0 Å². The van der Waals surface area contributed by atoms with Crippen LogP contribution >= 0.6 is 22.6 Å². The minimum absolute atomic E-state index is 0.216. The molecule has 2 aromatic rings. The number of halogens is 1. The van der Waals surface area contributed by atoms with Gasteiger partial charge in [0, 0.05) is 6.21 Å². The topological polar surface area (TPSA) is 30.8 Å². The van der Waals surface area contributed by atoms with E-state index in [9.17, 15) is 0 Å². The molecule has 0 saturated carbocycles. The van der Waals surface area contributed by atoms with Gasteiger partial charge in [0.1, 0.15) is 6.61 Å². The Bertz CT molecular complexity index is 745. The van der Waals surface area contributed by atoms with Crippen molar-refractivity contribution >= 4 is 34.5 Å². The molecule has 0 aliphatic heterocycles. The summed E-state index contributed by atoms with van der Waals surface area (Å²) < 4.78 is 12.2. The van der Waals surface area contributed by atoms with Crippen LogP contribution in [-0.4, -0.2) is 19.4 Å². The molecule has 0 bridgehead atoms. The summed E-state index contributed by atoms with van der Waals surface area (Å²) >= 11 is 2.22. The molecule has 0 aliphatic carbocycles. The Labute approximate surface area is 157 Å². The fourth-order valence-electron chi connectivity index (χ4n) is 2.15. The molecular formula is C20H20INO2. The molecule has 4 heteroatoms. The lowest BCUT2D eigenvalue weighted by Crippen LogP contribution is -2.02. The van der Waals surface area contributed by atoms with Crippen molar-refractivity contribution in [3.8, 4) is 23.8 Å². The summed E-state index contributed by atoms with van der Waals surface area (Å²) in [4.78, 5) is 4.53. The van der Waals surface area contributed by atoms with Gasteiger partial charge in [0.15, 0.2) is 11.5 Å². The molecule has 0 N–H and O–H groups in total. The minimum atomic E-state index is 0.216. The Morgan fingerprint density at radius 2 is 1.92 bits per heavy atom. The number of terminal acetylenes is 1. The molecule has 0 atom stereocenters. The Morgan fingerprint density at radius 1 is 1.17 bits per heavy atom. The van der Waals surface area contributed by atoms with Crippen molar-refractivity contribution in [3.05, 3.63) is 51.1 Å². The first-order valence-corrected chi connectivity index (χ1v) is 8.91. The van der Waals surface area contributed by atoms with E-state index in [4.69, 9.17) is 15.9 Å². The third-order valence-corrected chi connectivity index (χ3v) is 4.14. The minimum Gasteiger partial charge on any atom is -0.490 e. The van der Waals surface area contributed by atoms with Crippen LogP contribution in [0.3, 0.4) is 0 Å². The summed E-state index contributed by atoms with van der Waals surface area (Å²) in [6.07, 6.45) is 8.13. The maximum atomic E-state index is 5.68. The van der Waals surface area contributed by atoms with Gasteiger partial charge < -0.3 is 9.47 Å². The normalized spacial score (nSPS) is 10.6. The van der Waals surface area contributed by atoms with Crippen molar-refractivity contribution in [2.45, 2.75) is 20.3 Å². The number of aliphatic imine (C=N–C) groups is 1. The molecule has 0 spiro atoms. The average Bonchev–Trinajstić information content (AvgIpc) is 2.60. The largest absolute Gasteiger partial charge is 0.490 e. The highest BCUT2D eigenvalue weighted by Crippen LogP contribution is 2.34. The first-order chi connectivity index (χ1) is 11.7. The van der Waals surface area contributed by atoms with Crippen LogP contribution in [0.5, 0.6) is 11.5 Å². The van der Waals surface area contributed by atoms with Gasteiger partial charge in [0.2, 0.25) is 0 Å². The summed E-state index contributed by atoms with van der Waals surface area (Å²) in [6.45, 7) is 4.85. The van der Waals surface area contributed by atoms with Gasteiger partial charge in [-0.2, -0.15) is 0 Å². The van der Waals surface area contributed by atoms with E-state index in [1.807, 2.05) is 37.4 Å². The van der Waals surface area contributed by atoms with Gasteiger partial charge in [-0.1, -0.05) is 25.0 Å². The van der Waals surface area contributed by atoms with Crippen molar-refractivity contribution in [2.24, 2.45) is 4.99 Å². The summed E-state index contributed by atoms with van der Waals surface area (Å²) in [5.41, 5.74) is 3.18. The second-order valence-electron chi connectivity index (χ2n) is 5.03. The molecule has 0 saturated heterocycles. The number of hydrogen-bond donors (Lipinski definition) is 0. The quantitative estimate of drug-likeness (QED) is 0.349. The second-order valence-corrected chi connectivity index (χ2v) is 6.20. The molecular weight excluding hydrogens is 413 g/mol. The van der Waals surface area contributed by atoms with Gasteiger partial charge in [-0.25, -0.2) is 0 Å². The lowest BCUT2D eigenvalue weighted by Gasteiger charge is -2.13. The Balaban J connectivity index is 2.26. The van der Waals surface area contributed by atoms with Crippen LogP contribution in [0, 0.1) is 15.9 Å². The molecule has 24 heavy (non-hydrogen) atoms. The van der Waals surface area contributed by atoms with Crippen LogP contribution in [0.1, 0.15) is 25.0 Å². The molecule has 3 nitrogen and oxygen atoms in total. The van der Waals surface area contributed by atoms with Crippen molar-refractivity contribution < 1.29 is 9.47 Å². The Hall–Kier alpha value is -2.00. The van der Waals surface area contributed by atoms with Gasteiger partial charge in [-0.05, 0) is 71.3 Å². The second kappa shape index (κ2) is 9.33. The third kappa shape index (κ3) is 5.00. The van der Waals surface area contributed by atoms with Crippen LogP contribution in [0.4, 0.5) is 5.69 Å². The van der Waals surface area contributed by atoms with E-state index in [2.05, 4.69) is 52.6 Å². The Morgan fingerprint density at radius 3 is 2.54 bits per heavy atom. The summed E-state index contributed by atoms with van der Waals surface area (Å²) in [6, 6.07) is 12.2. The van der Waals surface area contributed by atoms with Crippen molar-refractivity contribution in [1.29, 1.82) is 0 Å². The van der Waals surface area contributed by atoms with Gasteiger partial charge in [0.05, 0.1) is 15.9 Å². The van der Waals surface area contributed by atoms with Gasteiger partial charge in [0.25, 0.3) is 0 Å². The molecule has 0 heterocycles. The standard InChI is InChI=1S/C20H20INO2/c1-4-11-24-20-18(21)12-16(13-19(20)23-6-3)14-22-17-9-7-15(5-2)8-10-17/h1,7-10,12-14H,5-6,11H2,2-3H3. The van der Waals surface area contributed by atoms with Crippen LogP contribution in [0.15, 0.2) is 41.4 Å². The van der Waals surface area contributed by atoms with E-state index in [1.165, 1.54) is 5.56 Å². The van der Waals surface area contributed by atoms with Crippen LogP contribution in [-0.2, 0) is 6.42 Å². The molecule has 0 aromatic heterocycles. The molecule has 2 aromatic carbocycles. The summed E-state index contributed by atoms with van der Waals surface area (Å²) in [5, 5.41) is 0. The van der Waals surface area contributed by atoms with Crippen LogP contribution < -0.4 is 9.47 Å². The predicted molar refractivity (Wildman–Crippen MR) is 108 cm³/mol. The van der Waals surface area contributed by atoms with Crippen molar-refractivity contribution in [1.82, 2.24) is 0 Å². The van der Waals surface area contributed by atoms with Crippen molar-refractivity contribution in [2.75, 3.05) is 13.2 Å². The van der Waals surface area contributed by atoms with E-state index in [-0.39, 0.29) is 6.61 Å². The molecule has 0 radical (unpaired) electrons. The summed E-state index contributed by atoms with van der Waals surface area (Å²) in [5.74, 6) is 3.84. The molecule has 124 valence electrons. The van der Waals surface area contributed by atoms with E-state index in [0.717, 1.165) is 21.2 Å². The number of aryl methyl sites for hydroxylation is 1. The molecule has 0 unspecified atom stereocenters. The fraction of sp³-hybridized carbons (Fsp3) is 0.250. The zero-order valence-corrected chi connectivity index (χ0v) is 16.0. The maximum Gasteiger partial charge on any atom is 0.175 e. The molecule has 0 amide bonds. The maximum absolute atomic E-state index is 5.68. The van der Waals surface area contributed by atoms with Gasteiger partial charge in [-0.3, -0.25) is 4.99 Å². The lowest BCUT2D eigenvalue weighted by atomic mass is 10.1. The zero-order valence-electron chi connectivity index (χ0n) is 13.9. The monoisotopic (exact) mass is 433 g/mol. The highest BCUT2D eigenvalue weighted by atomic mass is 127. The van der Waals surface area contributed by atoms with Crippen molar-refractivity contribution in [3.63, 3.8) is 0 Å². The van der Waals surface area contributed by atoms with E-state index in [0.29, 0.717) is 18.1 Å². The van der Waals surface area contributed by atoms with E-state index >= 15 is 0 Å². The van der Waals surface area contributed by atoms with E-state index < -0.39 is 0 Å². The first-order valence-electron chi connectivity index (χ1n) is 7.83. The first kappa shape index (κ1) is 18.3. The van der Waals surface area contributed by atoms with Gasteiger partial charge in [-0.15, -0.1) is 6.42 Å². The van der Waals surface area contributed by atoms with E-state index in [1.54, 1.807) is 0 Å². The molecule has 0 fully saturated rings. The smallest absolute Gasteiger partial charge is 0.175 e. The highest BCUT2D eigenvalue weighted by Gasteiger charge is 2.11. The SMILES string of the molecule is C#CCOc1c(I)cc(C=Nc2ccc(CC)cc2)cc1OCC.